The molecule has 0 aromatic heterocycles. The van der Waals surface area contributed by atoms with E-state index >= 15 is 0 Å². The van der Waals surface area contributed by atoms with Crippen LogP contribution in [0.1, 0.15) is 5.56 Å². The lowest BCUT2D eigenvalue weighted by Gasteiger charge is -2.17. The monoisotopic (exact) mass is 223 g/mol. The zero-order chi connectivity index (χ0) is 12.1. The van der Waals surface area contributed by atoms with Gasteiger partial charge >= 0.3 is 5.97 Å². The lowest BCUT2D eigenvalue weighted by Crippen LogP contribution is -2.33. The number of carboxylic acid groups (broad SMARTS) is 1. The van der Waals surface area contributed by atoms with Crippen molar-refractivity contribution in [2.75, 3.05) is 0 Å². The number of aliphatic hydroxyl groups is 1. The minimum Gasteiger partial charge on any atom is -0.492 e. The molecule has 0 radical (unpaired) electrons. The molecule has 0 unspecified atom stereocenters. The van der Waals surface area contributed by atoms with E-state index in [2.05, 4.69) is 0 Å². The fourth-order valence-corrected chi connectivity index (χ4v) is 1.11. The van der Waals surface area contributed by atoms with Crippen LogP contribution in [0.2, 0.25) is 0 Å². The first-order valence-electron chi connectivity index (χ1n) is 4.50. The molecular formula is C10H13N3O3. The third-order valence-electron chi connectivity index (χ3n) is 1.94. The highest BCUT2D eigenvalue weighted by Crippen LogP contribution is 2.06. The molecule has 0 atom stereocenters. The zero-order valence-electron chi connectivity index (χ0n) is 8.50. The molecule has 0 heterocycles. The van der Waals surface area contributed by atoms with Crippen LogP contribution in [0.3, 0.4) is 0 Å². The first-order valence-corrected chi connectivity index (χ1v) is 4.50. The van der Waals surface area contributed by atoms with Gasteiger partial charge in [-0.1, -0.05) is 30.3 Å². The second-order valence-electron chi connectivity index (χ2n) is 3.16. The highest BCUT2D eigenvalue weighted by Gasteiger charge is 2.14. The molecule has 0 amide bonds. The van der Waals surface area contributed by atoms with Crippen molar-refractivity contribution in [3.8, 4) is 0 Å². The second kappa shape index (κ2) is 5.04. The first-order chi connectivity index (χ1) is 7.52. The number of hydrazine groups is 1. The van der Waals surface area contributed by atoms with Crippen LogP contribution in [-0.2, 0) is 11.3 Å². The number of nitrogens with zero attached hydrogens (tertiary/aromatic N) is 1. The number of aliphatic hydroxyl groups excluding tert-OH is 1. The van der Waals surface area contributed by atoms with Crippen LogP contribution in [0.4, 0.5) is 0 Å². The molecule has 1 aromatic carbocycles. The second-order valence-corrected chi connectivity index (χ2v) is 3.16. The van der Waals surface area contributed by atoms with Crippen molar-refractivity contribution in [3.05, 3.63) is 47.5 Å². The van der Waals surface area contributed by atoms with Gasteiger partial charge in [-0.15, -0.1) is 0 Å². The lowest BCUT2D eigenvalue weighted by atomic mass is 10.2. The quantitative estimate of drug-likeness (QED) is 0.250. The summed E-state index contributed by atoms with van der Waals surface area (Å²) in [6, 6.07) is 9.05. The van der Waals surface area contributed by atoms with Crippen molar-refractivity contribution in [1.82, 2.24) is 5.01 Å². The summed E-state index contributed by atoms with van der Waals surface area (Å²) in [6.07, 6.45) is 0. The molecule has 0 spiro atoms. The van der Waals surface area contributed by atoms with Crippen molar-refractivity contribution in [2.24, 2.45) is 11.6 Å². The molecule has 0 saturated carbocycles. The Morgan fingerprint density at radius 2 is 1.81 bits per heavy atom. The van der Waals surface area contributed by atoms with Gasteiger partial charge in [-0.3, -0.25) is 5.01 Å². The van der Waals surface area contributed by atoms with Gasteiger partial charge in [0.05, 0.1) is 6.54 Å². The molecule has 0 aliphatic rings. The van der Waals surface area contributed by atoms with Crippen LogP contribution < -0.4 is 11.6 Å². The van der Waals surface area contributed by atoms with Crippen molar-refractivity contribution >= 4 is 5.97 Å². The molecule has 0 fully saturated rings. The molecular weight excluding hydrogens is 210 g/mol. The van der Waals surface area contributed by atoms with E-state index < -0.39 is 17.5 Å². The number of aliphatic carboxylic acids is 1. The molecule has 1 rings (SSSR count). The molecule has 6 nitrogen and oxygen atoms in total. The topological polar surface area (TPSA) is 113 Å². The van der Waals surface area contributed by atoms with E-state index in [1.54, 1.807) is 12.1 Å². The van der Waals surface area contributed by atoms with Crippen LogP contribution in [0.15, 0.2) is 41.9 Å². The minimum atomic E-state index is -1.42. The fourth-order valence-electron chi connectivity index (χ4n) is 1.11. The van der Waals surface area contributed by atoms with E-state index in [-0.39, 0.29) is 6.54 Å². The normalized spacial score (nSPS) is 11.8. The Morgan fingerprint density at radius 3 is 2.31 bits per heavy atom. The summed E-state index contributed by atoms with van der Waals surface area (Å²) in [5.74, 6) is 3.40. The molecule has 86 valence electrons. The molecule has 6 heteroatoms. The van der Waals surface area contributed by atoms with Gasteiger partial charge < -0.3 is 15.9 Å². The van der Waals surface area contributed by atoms with Crippen LogP contribution in [0.25, 0.3) is 0 Å². The highest BCUT2D eigenvalue weighted by molar-refractivity contribution is 5.85. The Morgan fingerprint density at radius 1 is 1.25 bits per heavy atom. The predicted octanol–water partition coefficient (Wildman–Crippen LogP) is 0.133. The Kier molecular flexibility index (Phi) is 3.73. The van der Waals surface area contributed by atoms with E-state index in [1.165, 1.54) is 0 Å². The molecule has 0 saturated heterocycles. The fraction of sp³-hybridized carbons (Fsp3) is 0.100. The Balaban J connectivity index is 2.77. The summed E-state index contributed by atoms with van der Waals surface area (Å²) in [5.41, 5.74) is 5.27. The summed E-state index contributed by atoms with van der Waals surface area (Å²) in [7, 11) is 0. The molecule has 0 aliphatic carbocycles. The molecule has 0 aliphatic heterocycles. The van der Waals surface area contributed by atoms with Crippen molar-refractivity contribution < 1.29 is 15.0 Å². The maximum atomic E-state index is 10.5. The van der Waals surface area contributed by atoms with Crippen LogP contribution >= 0.6 is 0 Å². The van der Waals surface area contributed by atoms with Crippen molar-refractivity contribution in [3.63, 3.8) is 0 Å². The number of hydrogen-bond donors (Lipinski definition) is 4. The van der Waals surface area contributed by atoms with E-state index in [0.717, 1.165) is 10.6 Å². The molecule has 16 heavy (non-hydrogen) atoms. The lowest BCUT2D eigenvalue weighted by molar-refractivity contribution is -0.133. The van der Waals surface area contributed by atoms with Crippen molar-refractivity contribution in [1.29, 1.82) is 0 Å². The van der Waals surface area contributed by atoms with Gasteiger partial charge in [-0.25, -0.2) is 10.6 Å². The predicted molar refractivity (Wildman–Crippen MR) is 57.7 cm³/mol. The van der Waals surface area contributed by atoms with Crippen LogP contribution in [0.5, 0.6) is 0 Å². The smallest absolute Gasteiger partial charge is 0.357 e. The van der Waals surface area contributed by atoms with Gasteiger partial charge in [0.2, 0.25) is 5.88 Å². The number of carbonyl (C=O) groups is 1. The summed E-state index contributed by atoms with van der Waals surface area (Å²) in [6.45, 7) is 0.167. The number of hydrogen-bond acceptors (Lipinski definition) is 5. The van der Waals surface area contributed by atoms with Crippen molar-refractivity contribution in [2.45, 2.75) is 6.54 Å². The maximum Gasteiger partial charge on any atom is 0.357 e. The van der Waals surface area contributed by atoms with Gasteiger partial charge in [0.25, 0.3) is 0 Å². The Labute approximate surface area is 92.4 Å². The zero-order valence-corrected chi connectivity index (χ0v) is 8.50. The minimum absolute atomic E-state index is 0.167. The average molecular weight is 223 g/mol. The summed E-state index contributed by atoms with van der Waals surface area (Å²) < 4.78 is 0. The molecule has 1 aromatic rings. The van der Waals surface area contributed by atoms with Gasteiger partial charge in [0, 0.05) is 0 Å². The summed E-state index contributed by atoms with van der Waals surface area (Å²) >= 11 is 0. The first kappa shape index (κ1) is 11.9. The Bertz CT molecular complexity index is 403. The van der Waals surface area contributed by atoms with E-state index in [4.69, 9.17) is 16.7 Å². The van der Waals surface area contributed by atoms with Crippen LogP contribution in [-0.4, -0.2) is 21.2 Å². The molecule has 6 N–H and O–H groups in total. The molecule has 0 bridgehead atoms. The number of nitrogens with two attached hydrogens (primary N) is 2. The Hall–Kier alpha value is -2.21. The SMILES string of the molecule is N/C(C(=O)O)=C(/O)N(N)Cc1ccccc1. The summed E-state index contributed by atoms with van der Waals surface area (Å²) in [5, 5.41) is 18.8. The van der Waals surface area contributed by atoms with E-state index in [9.17, 15) is 9.90 Å². The van der Waals surface area contributed by atoms with E-state index in [0.29, 0.717) is 0 Å². The number of benzene rings is 1. The standard InChI is InChI=1S/C10H13N3O3/c11-8(10(15)16)9(14)13(12)6-7-4-2-1-3-5-7/h1-5,14H,6,11-12H2,(H,15,16)/b9-8+. The van der Waals surface area contributed by atoms with E-state index in [1.807, 2.05) is 18.2 Å². The third kappa shape index (κ3) is 2.89. The summed E-state index contributed by atoms with van der Waals surface area (Å²) in [4.78, 5) is 10.5. The largest absolute Gasteiger partial charge is 0.492 e. The highest BCUT2D eigenvalue weighted by atomic mass is 16.4. The van der Waals surface area contributed by atoms with Gasteiger partial charge in [-0.2, -0.15) is 0 Å². The third-order valence-corrected chi connectivity index (χ3v) is 1.94. The number of carboxylic acids is 1. The van der Waals surface area contributed by atoms with Gasteiger partial charge in [-0.05, 0) is 5.56 Å². The maximum absolute atomic E-state index is 10.5. The van der Waals surface area contributed by atoms with Gasteiger partial charge in [0.15, 0.2) is 5.70 Å². The average Bonchev–Trinajstić information content (AvgIpc) is 2.28. The van der Waals surface area contributed by atoms with Crippen LogP contribution in [0, 0.1) is 0 Å². The van der Waals surface area contributed by atoms with Gasteiger partial charge in [0.1, 0.15) is 0 Å². The number of rotatable bonds is 4.